The Morgan fingerprint density at radius 1 is 1.30 bits per heavy atom. The topological polar surface area (TPSA) is 54.3 Å². The van der Waals surface area contributed by atoms with E-state index in [0.717, 1.165) is 18.5 Å². The van der Waals surface area contributed by atoms with Gasteiger partial charge in [0.1, 0.15) is 0 Å². The second kappa shape index (κ2) is 6.39. The second-order valence-corrected chi connectivity index (χ2v) is 4.87. The van der Waals surface area contributed by atoms with E-state index in [1.54, 1.807) is 12.1 Å². The van der Waals surface area contributed by atoms with Crippen LogP contribution in [0, 0.1) is 0 Å². The molecule has 0 bridgehead atoms. The molecule has 0 radical (unpaired) electrons. The number of aromatic nitrogens is 1. The molecule has 1 heterocycles. The van der Waals surface area contributed by atoms with E-state index in [2.05, 4.69) is 35.3 Å². The normalized spacial score (nSPS) is 12.3. The van der Waals surface area contributed by atoms with Gasteiger partial charge in [-0.25, -0.2) is 4.79 Å². The van der Waals surface area contributed by atoms with Gasteiger partial charge in [0.2, 0.25) is 0 Å². The van der Waals surface area contributed by atoms with Gasteiger partial charge in [0.15, 0.2) is 0 Å². The van der Waals surface area contributed by atoms with Crippen LogP contribution in [-0.4, -0.2) is 22.7 Å². The van der Waals surface area contributed by atoms with Crippen LogP contribution < -0.4 is 5.32 Å². The van der Waals surface area contributed by atoms with Crippen molar-refractivity contribution in [2.24, 2.45) is 0 Å². The van der Waals surface area contributed by atoms with Crippen LogP contribution in [0.2, 0.25) is 0 Å². The molecule has 0 spiro atoms. The number of nitrogens with one attached hydrogen (secondary N) is 1. The average Bonchev–Trinajstić information content (AvgIpc) is 2.89. The van der Waals surface area contributed by atoms with Gasteiger partial charge in [-0.05, 0) is 42.8 Å². The molecule has 0 amide bonds. The maximum absolute atomic E-state index is 10.8. The summed E-state index contributed by atoms with van der Waals surface area (Å²) in [6.45, 7) is 2.91. The number of carbonyl (C=O) groups is 1. The van der Waals surface area contributed by atoms with Gasteiger partial charge in [-0.1, -0.05) is 19.1 Å². The monoisotopic (exact) mass is 272 g/mol. The third-order valence-electron chi connectivity index (χ3n) is 3.50. The van der Waals surface area contributed by atoms with Crippen LogP contribution in [0.1, 0.15) is 40.9 Å². The van der Waals surface area contributed by atoms with Crippen molar-refractivity contribution in [3.8, 4) is 0 Å². The lowest BCUT2D eigenvalue weighted by atomic mass is 10.1. The summed E-state index contributed by atoms with van der Waals surface area (Å²) in [4.78, 5) is 10.8. The third kappa shape index (κ3) is 3.27. The Morgan fingerprint density at radius 2 is 2.00 bits per heavy atom. The zero-order chi connectivity index (χ0) is 14.5. The Bertz CT molecular complexity index is 568. The van der Waals surface area contributed by atoms with Crippen molar-refractivity contribution in [3.05, 3.63) is 59.4 Å². The number of rotatable bonds is 6. The van der Waals surface area contributed by atoms with E-state index >= 15 is 0 Å². The van der Waals surface area contributed by atoms with E-state index in [1.807, 2.05) is 19.2 Å². The summed E-state index contributed by atoms with van der Waals surface area (Å²) in [5, 5.41) is 12.2. The lowest BCUT2D eigenvalue weighted by Gasteiger charge is -2.11. The van der Waals surface area contributed by atoms with E-state index in [1.165, 1.54) is 5.56 Å². The number of hydrogen-bond acceptors (Lipinski definition) is 2. The number of aromatic carboxylic acids is 1. The molecule has 0 saturated carbocycles. The van der Waals surface area contributed by atoms with E-state index in [9.17, 15) is 4.79 Å². The van der Waals surface area contributed by atoms with Gasteiger partial charge >= 0.3 is 5.97 Å². The molecule has 1 aromatic carbocycles. The van der Waals surface area contributed by atoms with Crippen molar-refractivity contribution in [1.82, 2.24) is 9.88 Å². The largest absolute Gasteiger partial charge is 0.478 e. The predicted molar refractivity (Wildman–Crippen MR) is 79.0 cm³/mol. The van der Waals surface area contributed by atoms with E-state index < -0.39 is 5.97 Å². The first kappa shape index (κ1) is 14.3. The number of carboxylic acids is 1. The molecule has 2 aromatic rings. The SMILES string of the molecule is CCC(NC)c1ccn(Cc2ccc(C(=O)O)cc2)c1. The summed E-state index contributed by atoms with van der Waals surface area (Å²) in [6.07, 6.45) is 5.24. The summed E-state index contributed by atoms with van der Waals surface area (Å²) < 4.78 is 2.12. The molecule has 0 aliphatic carbocycles. The molecule has 0 saturated heterocycles. The third-order valence-corrected chi connectivity index (χ3v) is 3.50. The van der Waals surface area contributed by atoms with Crippen LogP contribution in [0.4, 0.5) is 0 Å². The molecule has 106 valence electrons. The smallest absolute Gasteiger partial charge is 0.335 e. The number of benzene rings is 1. The van der Waals surface area contributed by atoms with Gasteiger partial charge in [-0.2, -0.15) is 0 Å². The van der Waals surface area contributed by atoms with Crippen molar-refractivity contribution in [3.63, 3.8) is 0 Å². The lowest BCUT2D eigenvalue weighted by Crippen LogP contribution is -2.14. The van der Waals surface area contributed by atoms with Gasteiger partial charge in [0, 0.05) is 25.0 Å². The maximum atomic E-state index is 10.8. The van der Waals surface area contributed by atoms with E-state index in [-0.39, 0.29) is 0 Å². The first-order chi connectivity index (χ1) is 9.63. The Balaban J connectivity index is 2.08. The maximum Gasteiger partial charge on any atom is 0.335 e. The van der Waals surface area contributed by atoms with E-state index in [0.29, 0.717) is 11.6 Å². The molecule has 20 heavy (non-hydrogen) atoms. The Kier molecular flexibility index (Phi) is 4.58. The quantitative estimate of drug-likeness (QED) is 0.850. The van der Waals surface area contributed by atoms with Crippen LogP contribution in [0.5, 0.6) is 0 Å². The van der Waals surface area contributed by atoms with Crippen molar-refractivity contribution in [2.45, 2.75) is 25.9 Å². The van der Waals surface area contributed by atoms with Crippen LogP contribution in [0.15, 0.2) is 42.7 Å². The summed E-state index contributed by atoms with van der Waals surface area (Å²) in [5.74, 6) is -0.889. The molecular weight excluding hydrogens is 252 g/mol. The molecule has 0 aliphatic heterocycles. The lowest BCUT2D eigenvalue weighted by molar-refractivity contribution is 0.0697. The summed E-state index contributed by atoms with van der Waals surface area (Å²) >= 11 is 0. The van der Waals surface area contributed by atoms with Gasteiger partial charge in [-0.3, -0.25) is 0 Å². The first-order valence-electron chi connectivity index (χ1n) is 6.79. The number of hydrogen-bond donors (Lipinski definition) is 2. The molecular formula is C16H20N2O2. The Morgan fingerprint density at radius 3 is 2.55 bits per heavy atom. The molecule has 2 rings (SSSR count). The molecule has 4 heteroatoms. The van der Waals surface area contributed by atoms with Gasteiger partial charge in [-0.15, -0.1) is 0 Å². The minimum atomic E-state index is -0.889. The Labute approximate surface area is 119 Å². The Hall–Kier alpha value is -2.07. The molecule has 1 atom stereocenters. The highest BCUT2D eigenvalue weighted by molar-refractivity contribution is 5.87. The van der Waals surface area contributed by atoms with Crippen LogP contribution in [0.25, 0.3) is 0 Å². The minimum absolute atomic E-state index is 0.322. The van der Waals surface area contributed by atoms with Gasteiger partial charge in [0.05, 0.1) is 5.56 Å². The molecule has 2 N–H and O–H groups in total. The zero-order valence-electron chi connectivity index (χ0n) is 11.8. The van der Waals surface area contributed by atoms with Crippen molar-refractivity contribution >= 4 is 5.97 Å². The highest BCUT2D eigenvalue weighted by atomic mass is 16.4. The van der Waals surface area contributed by atoms with Gasteiger partial charge < -0.3 is 15.0 Å². The van der Waals surface area contributed by atoms with Crippen LogP contribution in [0.3, 0.4) is 0 Å². The molecule has 0 aliphatic rings. The minimum Gasteiger partial charge on any atom is -0.478 e. The summed E-state index contributed by atoms with van der Waals surface area (Å²) in [6, 6.07) is 9.51. The van der Waals surface area contributed by atoms with Crippen molar-refractivity contribution in [1.29, 1.82) is 0 Å². The van der Waals surface area contributed by atoms with Crippen LogP contribution >= 0.6 is 0 Å². The van der Waals surface area contributed by atoms with E-state index in [4.69, 9.17) is 5.11 Å². The van der Waals surface area contributed by atoms with Crippen LogP contribution in [-0.2, 0) is 6.54 Å². The predicted octanol–water partition coefficient (Wildman–Crippen LogP) is 2.91. The first-order valence-corrected chi connectivity index (χ1v) is 6.79. The molecule has 1 aromatic heterocycles. The standard InChI is InChI=1S/C16H20N2O2/c1-3-15(17-2)14-8-9-18(11-14)10-12-4-6-13(7-5-12)16(19)20/h4-9,11,15,17H,3,10H2,1-2H3,(H,19,20). The average molecular weight is 272 g/mol. The second-order valence-electron chi connectivity index (χ2n) is 4.87. The fraction of sp³-hybridized carbons (Fsp3) is 0.312. The molecule has 4 nitrogen and oxygen atoms in total. The van der Waals surface area contributed by atoms with Gasteiger partial charge in [0.25, 0.3) is 0 Å². The molecule has 1 unspecified atom stereocenters. The van der Waals surface area contributed by atoms with Crippen molar-refractivity contribution in [2.75, 3.05) is 7.05 Å². The van der Waals surface area contributed by atoms with Crippen molar-refractivity contribution < 1.29 is 9.90 Å². The zero-order valence-corrected chi connectivity index (χ0v) is 11.8. The fourth-order valence-corrected chi connectivity index (χ4v) is 2.33. The fourth-order valence-electron chi connectivity index (χ4n) is 2.33. The highest BCUT2D eigenvalue weighted by Gasteiger charge is 2.08. The summed E-state index contributed by atoms with van der Waals surface area (Å²) in [5.41, 5.74) is 2.69. The highest BCUT2D eigenvalue weighted by Crippen LogP contribution is 2.17. The number of carboxylic acid groups (broad SMARTS) is 1. The summed E-state index contributed by atoms with van der Waals surface area (Å²) in [7, 11) is 1.97. The molecule has 0 fully saturated rings. The number of nitrogens with zero attached hydrogens (tertiary/aromatic N) is 1.